The van der Waals surface area contributed by atoms with Crippen LogP contribution in [-0.4, -0.2) is 4.90 Å². The van der Waals surface area contributed by atoms with E-state index in [1.165, 1.54) is 11.1 Å². The highest BCUT2D eigenvalue weighted by atomic mass is 15.1. The first-order valence-electron chi connectivity index (χ1n) is 6.16. The average Bonchev–Trinajstić information content (AvgIpc) is 2.41. The van der Waals surface area contributed by atoms with Crippen molar-refractivity contribution < 1.29 is 0 Å². The molecule has 18 heavy (non-hydrogen) atoms. The molecule has 0 N–H and O–H groups in total. The smallest absolute Gasteiger partial charge is 0.0474 e. The van der Waals surface area contributed by atoms with Crippen LogP contribution in [0.3, 0.4) is 0 Å². The number of benzene rings is 2. The van der Waals surface area contributed by atoms with Gasteiger partial charge in [0.25, 0.3) is 0 Å². The molecule has 0 saturated heterocycles. The predicted molar refractivity (Wildman–Crippen MR) is 76.6 cm³/mol. The summed E-state index contributed by atoms with van der Waals surface area (Å²) < 4.78 is 0. The van der Waals surface area contributed by atoms with E-state index in [1.54, 1.807) is 0 Å². The fraction of sp³-hybridized carbons (Fsp3) is 0.118. The zero-order chi connectivity index (χ0) is 12.6. The maximum atomic E-state index is 3.79. The van der Waals surface area contributed by atoms with E-state index in [1.807, 2.05) is 24.8 Å². The maximum Gasteiger partial charge on any atom is 0.0474 e. The molecule has 0 atom stereocenters. The Balaban J connectivity index is 2.02. The van der Waals surface area contributed by atoms with Gasteiger partial charge >= 0.3 is 0 Å². The molecular formula is C17H18N. The van der Waals surface area contributed by atoms with Gasteiger partial charge in [0.15, 0.2) is 0 Å². The summed E-state index contributed by atoms with van der Waals surface area (Å²) in [5, 5.41) is 0. The molecule has 0 aliphatic heterocycles. The standard InChI is InChI=1S/C17H18N/c1-2-13-18(14-16-9-5-3-6-10-16)15-17-11-7-4-8-12-17/h2-13H,1,14-15H2. The Morgan fingerprint density at radius 1 is 0.778 bits per heavy atom. The molecule has 0 aromatic heterocycles. The highest BCUT2D eigenvalue weighted by molar-refractivity contribution is 5.17. The zero-order valence-electron chi connectivity index (χ0n) is 10.5. The first kappa shape index (κ1) is 12.6. The van der Waals surface area contributed by atoms with Crippen LogP contribution in [0.4, 0.5) is 0 Å². The summed E-state index contributed by atoms with van der Waals surface area (Å²) in [5.41, 5.74) is 2.62. The van der Waals surface area contributed by atoms with Crippen molar-refractivity contribution in [2.45, 2.75) is 13.1 Å². The lowest BCUT2D eigenvalue weighted by Gasteiger charge is -2.20. The lowest BCUT2D eigenvalue weighted by molar-refractivity contribution is 0.332. The van der Waals surface area contributed by atoms with Gasteiger partial charge in [0.2, 0.25) is 0 Å². The minimum atomic E-state index is 0.905. The van der Waals surface area contributed by atoms with Crippen LogP contribution in [0.15, 0.2) is 73.3 Å². The molecular weight excluding hydrogens is 218 g/mol. The van der Waals surface area contributed by atoms with Crippen LogP contribution in [0, 0.1) is 6.54 Å². The predicted octanol–water partition coefficient (Wildman–Crippen LogP) is 4.04. The summed E-state index contributed by atoms with van der Waals surface area (Å²) in [6.45, 7) is 7.64. The van der Waals surface area contributed by atoms with E-state index in [4.69, 9.17) is 0 Å². The normalized spacial score (nSPS) is 10.5. The molecule has 0 saturated carbocycles. The second kappa shape index (κ2) is 6.77. The van der Waals surface area contributed by atoms with Crippen molar-refractivity contribution in [1.29, 1.82) is 0 Å². The molecule has 0 heterocycles. The van der Waals surface area contributed by atoms with E-state index in [-0.39, 0.29) is 0 Å². The van der Waals surface area contributed by atoms with Crippen molar-refractivity contribution in [1.82, 2.24) is 4.90 Å². The molecule has 1 radical (unpaired) electrons. The van der Waals surface area contributed by atoms with Crippen molar-refractivity contribution in [3.05, 3.63) is 91.0 Å². The summed E-state index contributed by atoms with van der Waals surface area (Å²) in [4.78, 5) is 2.26. The summed E-state index contributed by atoms with van der Waals surface area (Å²) in [7, 11) is 0. The van der Waals surface area contributed by atoms with E-state index in [0.717, 1.165) is 13.1 Å². The molecule has 0 bridgehead atoms. The Morgan fingerprint density at radius 3 is 1.61 bits per heavy atom. The Bertz CT molecular complexity index is 420. The van der Waals surface area contributed by atoms with Crippen molar-refractivity contribution in [2.75, 3.05) is 0 Å². The number of hydrogen-bond acceptors (Lipinski definition) is 1. The molecule has 0 aliphatic carbocycles. The lowest BCUT2D eigenvalue weighted by Crippen LogP contribution is -2.18. The van der Waals surface area contributed by atoms with Crippen molar-refractivity contribution in [3.63, 3.8) is 0 Å². The summed E-state index contributed by atoms with van der Waals surface area (Å²) >= 11 is 0. The van der Waals surface area contributed by atoms with Gasteiger partial charge in [0.1, 0.15) is 0 Å². The van der Waals surface area contributed by atoms with Crippen LogP contribution in [0.1, 0.15) is 11.1 Å². The number of rotatable bonds is 6. The molecule has 2 aromatic rings. The minimum absolute atomic E-state index is 0.905. The Labute approximate surface area is 109 Å². The van der Waals surface area contributed by atoms with Crippen LogP contribution in [0.5, 0.6) is 0 Å². The number of nitrogens with zero attached hydrogens (tertiary/aromatic N) is 1. The maximum absolute atomic E-state index is 3.79. The van der Waals surface area contributed by atoms with Crippen molar-refractivity contribution in [3.8, 4) is 0 Å². The Kier molecular flexibility index (Phi) is 4.74. The van der Waals surface area contributed by atoms with E-state index in [2.05, 4.69) is 60.0 Å². The molecule has 1 heteroatoms. The topological polar surface area (TPSA) is 3.24 Å². The zero-order valence-corrected chi connectivity index (χ0v) is 10.5. The summed E-state index contributed by atoms with van der Waals surface area (Å²) in [6, 6.07) is 21.0. The van der Waals surface area contributed by atoms with E-state index in [9.17, 15) is 0 Å². The highest BCUT2D eigenvalue weighted by Crippen LogP contribution is 2.11. The van der Waals surface area contributed by atoms with Gasteiger partial charge in [0, 0.05) is 19.6 Å². The quantitative estimate of drug-likeness (QED) is 0.731. The first-order chi connectivity index (χ1) is 8.88. The van der Waals surface area contributed by atoms with E-state index < -0.39 is 0 Å². The molecule has 0 aliphatic rings. The fourth-order valence-electron chi connectivity index (χ4n) is 1.95. The molecule has 2 aromatic carbocycles. The molecule has 0 unspecified atom stereocenters. The van der Waals surface area contributed by atoms with Gasteiger partial charge in [0.05, 0.1) is 0 Å². The summed E-state index contributed by atoms with van der Waals surface area (Å²) in [5.74, 6) is 0. The third-order valence-corrected chi connectivity index (χ3v) is 2.77. The average molecular weight is 236 g/mol. The van der Waals surface area contributed by atoms with Gasteiger partial charge in [-0.15, -0.1) is 6.58 Å². The third kappa shape index (κ3) is 3.86. The monoisotopic (exact) mass is 236 g/mol. The fourth-order valence-corrected chi connectivity index (χ4v) is 1.95. The summed E-state index contributed by atoms with van der Waals surface area (Å²) in [6.07, 6.45) is 1.84. The van der Waals surface area contributed by atoms with E-state index >= 15 is 0 Å². The third-order valence-electron chi connectivity index (χ3n) is 2.77. The minimum Gasteiger partial charge on any atom is -0.287 e. The first-order valence-corrected chi connectivity index (χ1v) is 6.16. The van der Waals surface area contributed by atoms with Crippen molar-refractivity contribution in [2.24, 2.45) is 0 Å². The molecule has 0 spiro atoms. The molecule has 91 valence electrons. The largest absolute Gasteiger partial charge is 0.287 e. The highest BCUT2D eigenvalue weighted by Gasteiger charge is 2.05. The van der Waals surface area contributed by atoms with Gasteiger partial charge in [-0.05, 0) is 11.1 Å². The second-order valence-electron chi connectivity index (χ2n) is 4.26. The Hall–Kier alpha value is -1.86. The van der Waals surface area contributed by atoms with Gasteiger partial charge in [-0.2, -0.15) is 0 Å². The molecule has 0 fully saturated rings. The van der Waals surface area contributed by atoms with Crippen LogP contribution in [0.25, 0.3) is 0 Å². The Morgan fingerprint density at radius 2 is 1.22 bits per heavy atom. The van der Waals surface area contributed by atoms with Gasteiger partial charge in [-0.1, -0.05) is 66.7 Å². The number of hydrogen-bond donors (Lipinski definition) is 0. The van der Waals surface area contributed by atoms with E-state index in [0.29, 0.717) is 0 Å². The van der Waals surface area contributed by atoms with Crippen molar-refractivity contribution >= 4 is 0 Å². The SMILES string of the molecule is C=C[CH]N(Cc1ccccc1)Cc1ccccc1. The lowest BCUT2D eigenvalue weighted by atomic mass is 10.1. The van der Waals surface area contributed by atoms with Crippen LogP contribution < -0.4 is 0 Å². The van der Waals surface area contributed by atoms with Crippen LogP contribution >= 0.6 is 0 Å². The molecule has 0 amide bonds. The van der Waals surface area contributed by atoms with Gasteiger partial charge < -0.3 is 0 Å². The molecule has 1 nitrogen and oxygen atoms in total. The van der Waals surface area contributed by atoms with Crippen LogP contribution in [0.2, 0.25) is 0 Å². The van der Waals surface area contributed by atoms with Crippen LogP contribution in [-0.2, 0) is 13.1 Å². The van der Waals surface area contributed by atoms with Gasteiger partial charge in [-0.25, -0.2) is 0 Å². The molecule has 2 rings (SSSR count). The second-order valence-corrected chi connectivity index (χ2v) is 4.26. The van der Waals surface area contributed by atoms with Gasteiger partial charge in [-0.3, -0.25) is 4.90 Å².